The maximum absolute atomic E-state index is 11.8. The molecule has 0 spiro atoms. The van der Waals surface area contributed by atoms with E-state index in [0.29, 0.717) is 19.0 Å². The van der Waals surface area contributed by atoms with Crippen LogP contribution in [0.4, 0.5) is 11.5 Å². The van der Waals surface area contributed by atoms with Gasteiger partial charge in [-0.1, -0.05) is 12.1 Å². The second-order valence-electron chi connectivity index (χ2n) is 5.06. The highest BCUT2D eigenvalue weighted by molar-refractivity contribution is 5.72. The molecule has 0 radical (unpaired) electrons. The number of nitrogens with one attached hydrogen (secondary N) is 1. The van der Waals surface area contributed by atoms with Crippen LogP contribution < -0.4 is 10.1 Å². The van der Waals surface area contributed by atoms with Crippen molar-refractivity contribution in [1.82, 2.24) is 4.98 Å². The van der Waals surface area contributed by atoms with Gasteiger partial charge in [-0.3, -0.25) is 14.9 Å². The van der Waals surface area contributed by atoms with E-state index in [2.05, 4.69) is 10.3 Å². The first-order chi connectivity index (χ1) is 12.1. The Labute approximate surface area is 144 Å². The van der Waals surface area contributed by atoms with Crippen molar-refractivity contribution in [3.63, 3.8) is 0 Å². The molecular formula is C17H19N3O5. The van der Waals surface area contributed by atoms with E-state index in [-0.39, 0.29) is 24.7 Å². The Morgan fingerprint density at radius 1 is 1.24 bits per heavy atom. The van der Waals surface area contributed by atoms with Gasteiger partial charge in [0.2, 0.25) is 0 Å². The van der Waals surface area contributed by atoms with E-state index in [0.717, 1.165) is 11.3 Å². The van der Waals surface area contributed by atoms with E-state index in [4.69, 9.17) is 9.47 Å². The maximum atomic E-state index is 11.8. The average Bonchev–Trinajstić information content (AvgIpc) is 2.61. The van der Waals surface area contributed by atoms with Crippen molar-refractivity contribution < 1.29 is 19.2 Å². The van der Waals surface area contributed by atoms with E-state index in [1.165, 1.54) is 18.3 Å². The second kappa shape index (κ2) is 9.21. The summed E-state index contributed by atoms with van der Waals surface area (Å²) in [6.07, 6.45) is 1.35. The number of aromatic nitrogens is 1. The van der Waals surface area contributed by atoms with E-state index in [9.17, 15) is 14.9 Å². The Morgan fingerprint density at radius 3 is 2.60 bits per heavy atom. The summed E-state index contributed by atoms with van der Waals surface area (Å²) in [5.74, 6) is 0.912. The van der Waals surface area contributed by atoms with Crippen LogP contribution in [0.25, 0.3) is 0 Å². The monoisotopic (exact) mass is 345 g/mol. The third-order valence-corrected chi connectivity index (χ3v) is 3.21. The number of hydrogen-bond donors (Lipinski definition) is 1. The van der Waals surface area contributed by atoms with Crippen molar-refractivity contribution in [2.45, 2.75) is 13.3 Å². The highest BCUT2D eigenvalue weighted by Crippen LogP contribution is 2.13. The molecule has 0 aliphatic carbocycles. The van der Waals surface area contributed by atoms with Gasteiger partial charge in [0.25, 0.3) is 5.69 Å². The molecule has 1 N–H and O–H groups in total. The summed E-state index contributed by atoms with van der Waals surface area (Å²) in [7, 11) is 0. The molecule has 0 saturated carbocycles. The standard InChI is InChI=1S/C17H19N3O5/c1-2-24-15-6-3-13(4-7-15)11-17(21)25-10-9-18-16-8-5-14(12-19-16)20(22)23/h3-8,12H,2,9-11H2,1H3,(H,18,19). The zero-order valence-electron chi connectivity index (χ0n) is 13.8. The molecule has 8 nitrogen and oxygen atoms in total. The van der Waals surface area contributed by atoms with Gasteiger partial charge in [-0.2, -0.15) is 0 Å². The molecule has 0 fully saturated rings. The van der Waals surface area contributed by atoms with Gasteiger partial charge in [0.05, 0.1) is 24.5 Å². The lowest BCUT2D eigenvalue weighted by atomic mass is 10.1. The first-order valence-corrected chi connectivity index (χ1v) is 7.80. The average molecular weight is 345 g/mol. The molecule has 0 amide bonds. The first-order valence-electron chi connectivity index (χ1n) is 7.80. The number of benzene rings is 1. The quantitative estimate of drug-likeness (QED) is 0.322. The van der Waals surface area contributed by atoms with Crippen LogP contribution >= 0.6 is 0 Å². The van der Waals surface area contributed by atoms with Crippen LogP contribution in [0.1, 0.15) is 12.5 Å². The van der Waals surface area contributed by atoms with Crippen LogP contribution in [0.3, 0.4) is 0 Å². The number of esters is 1. The summed E-state index contributed by atoms with van der Waals surface area (Å²) < 4.78 is 10.5. The van der Waals surface area contributed by atoms with Gasteiger partial charge in [0.1, 0.15) is 24.4 Å². The van der Waals surface area contributed by atoms with Crippen molar-refractivity contribution in [1.29, 1.82) is 0 Å². The third-order valence-electron chi connectivity index (χ3n) is 3.21. The summed E-state index contributed by atoms with van der Waals surface area (Å²) >= 11 is 0. The predicted molar refractivity (Wildman–Crippen MR) is 91.7 cm³/mol. The van der Waals surface area contributed by atoms with Crippen LogP contribution in [0.2, 0.25) is 0 Å². The van der Waals surface area contributed by atoms with E-state index in [1.54, 1.807) is 0 Å². The van der Waals surface area contributed by atoms with E-state index in [1.807, 2.05) is 31.2 Å². The number of rotatable bonds is 9. The highest BCUT2D eigenvalue weighted by Gasteiger charge is 2.07. The summed E-state index contributed by atoms with van der Waals surface area (Å²) in [6, 6.07) is 10.1. The van der Waals surface area contributed by atoms with Crippen LogP contribution in [-0.2, 0) is 16.0 Å². The van der Waals surface area contributed by atoms with Crippen LogP contribution in [0.5, 0.6) is 5.75 Å². The Bertz CT molecular complexity index is 701. The molecule has 1 aromatic heterocycles. The summed E-state index contributed by atoms with van der Waals surface area (Å²) in [5.41, 5.74) is 0.769. The van der Waals surface area contributed by atoms with E-state index >= 15 is 0 Å². The Kier molecular flexibility index (Phi) is 6.70. The molecule has 0 unspecified atom stereocenters. The zero-order chi connectivity index (χ0) is 18.1. The minimum Gasteiger partial charge on any atom is -0.494 e. The second-order valence-corrected chi connectivity index (χ2v) is 5.06. The molecule has 2 rings (SSSR count). The topological polar surface area (TPSA) is 104 Å². The van der Waals surface area contributed by atoms with Crippen molar-refractivity contribution in [3.8, 4) is 5.75 Å². The molecule has 132 valence electrons. The maximum Gasteiger partial charge on any atom is 0.310 e. The van der Waals surface area contributed by atoms with Gasteiger partial charge in [-0.25, -0.2) is 4.98 Å². The number of anilines is 1. The van der Waals surface area contributed by atoms with Gasteiger partial charge in [-0.05, 0) is 30.7 Å². The minimum atomic E-state index is -0.514. The lowest BCUT2D eigenvalue weighted by molar-refractivity contribution is -0.385. The summed E-state index contributed by atoms with van der Waals surface area (Å²) in [5, 5.41) is 13.5. The van der Waals surface area contributed by atoms with Gasteiger partial charge < -0.3 is 14.8 Å². The van der Waals surface area contributed by atoms with Crippen LogP contribution in [0, 0.1) is 10.1 Å². The molecule has 0 bridgehead atoms. The Hall–Kier alpha value is -3.16. The number of hydrogen-bond acceptors (Lipinski definition) is 7. The number of ether oxygens (including phenoxy) is 2. The fourth-order valence-electron chi connectivity index (χ4n) is 2.03. The van der Waals surface area contributed by atoms with E-state index < -0.39 is 4.92 Å². The fraction of sp³-hybridized carbons (Fsp3) is 0.294. The number of pyridine rings is 1. The highest BCUT2D eigenvalue weighted by atomic mass is 16.6. The number of carbonyl (C=O) groups excluding carboxylic acids is 1. The number of nitrogens with zero attached hydrogens (tertiary/aromatic N) is 2. The fourth-order valence-corrected chi connectivity index (χ4v) is 2.03. The van der Waals surface area contributed by atoms with Gasteiger partial charge in [0, 0.05) is 6.07 Å². The molecule has 0 aliphatic rings. The molecule has 0 aliphatic heterocycles. The summed E-state index contributed by atoms with van der Waals surface area (Å²) in [6.45, 7) is 3.04. The molecule has 25 heavy (non-hydrogen) atoms. The molecule has 2 aromatic rings. The molecular weight excluding hydrogens is 326 g/mol. The van der Waals surface area contributed by atoms with Crippen molar-refractivity contribution in [2.24, 2.45) is 0 Å². The van der Waals surface area contributed by atoms with Crippen molar-refractivity contribution in [3.05, 3.63) is 58.3 Å². The van der Waals surface area contributed by atoms with Gasteiger partial charge in [-0.15, -0.1) is 0 Å². The van der Waals surface area contributed by atoms with Crippen LogP contribution in [-0.4, -0.2) is 35.6 Å². The number of carbonyl (C=O) groups is 1. The van der Waals surface area contributed by atoms with Crippen LogP contribution in [0.15, 0.2) is 42.6 Å². The smallest absolute Gasteiger partial charge is 0.310 e. The van der Waals surface area contributed by atoms with Crippen molar-refractivity contribution >= 4 is 17.5 Å². The molecule has 1 aromatic carbocycles. The molecule has 0 saturated heterocycles. The lowest BCUT2D eigenvalue weighted by Crippen LogP contribution is -2.15. The van der Waals surface area contributed by atoms with Crippen molar-refractivity contribution in [2.75, 3.05) is 25.1 Å². The SMILES string of the molecule is CCOc1ccc(CC(=O)OCCNc2ccc([N+](=O)[O-])cn2)cc1. The summed E-state index contributed by atoms with van der Waals surface area (Å²) in [4.78, 5) is 25.7. The molecule has 8 heteroatoms. The molecule has 0 atom stereocenters. The normalized spacial score (nSPS) is 10.1. The van der Waals surface area contributed by atoms with Gasteiger partial charge in [0.15, 0.2) is 0 Å². The molecule has 1 heterocycles. The predicted octanol–water partition coefficient (Wildman–Crippen LogP) is 2.59. The lowest BCUT2D eigenvalue weighted by Gasteiger charge is -2.08. The Balaban J connectivity index is 1.68. The number of nitro groups is 1. The third kappa shape index (κ3) is 6.09. The zero-order valence-corrected chi connectivity index (χ0v) is 13.8. The Morgan fingerprint density at radius 2 is 2.00 bits per heavy atom. The first kappa shape index (κ1) is 18.2. The van der Waals surface area contributed by atoms with Gasteiger partial charge >= 0.3 is 5.97 Å². The largest absolute Gasteiger partial charge is 0.494 e. The minimum absolute atomic E-state index is 0.0765.